The number of nitrogens with two attached hydrogens (primary N) is 1. The van der Waals surface area contributed by atoms with Crippen molar-refractivity contribution in [2.45, 2.75) is 4.90 Å². The number of ketones is 1. The highest BCUT2D eigenvalue weighted by Crippen LogP contribution is 2.15. The number of sulfonamides is 1. The summed E-state index contributed by atoms with van der Waals surface area (Å²) in [4.78, 5) is 15.8. The van der Waals surface area contributed by atoms with Gasteiger partial charge in [0.2, 0.25) is 15.8 Å². The highest BCUT2D eigenvalue weighted by Gasteiger charge is 2.06. The van der Waals surface area contributed by atoms with E-state index in [1.54, 1.807) is 24.3 Å². The smallest absolute Gasteiger partial charge is 0.238 e. The maximum Gasteiger partial charge on any atom is 0.238 e. The summed E-state index contributed by atoms with van der Waals surface area (Å²) in [6.07, 6.45) is 1.20. The first-order valence-electron chi connectivity index (χ1n) is 5.73. The highest BCUT2D eigenvalue weighted by atomic mass is 32.2. The van der Waals surface area contributed by atoms with Crippen LogP contribution >= 0.6 is 0 Å². The molecule has 102 valence electrons. The van der Waals surface area contributed by atoms with E-state index in [4.69, 9.17) is 5.14 Å². The van der Waals surface area contributed by atoms with Crippen LogP contribution in [0.2, 0.25) is 0 Å². The molecule has 0 aliphatic heterocycles. The second-order valence-electron chi connectivity index (χ2n) is 4.03. The zero-order valence-corrected chi connectivity index (χ0v) is 11.2. The van der Waals surface area contributed by atoms with Gasteiger partial charge >= 0.3 is 0 Å². The summed E-state index contributed by atoms with van der Waals surface area (Å²) in [6.45, 7) is 0. The Morgan fingerprint density at radius 1 is 1.00 bits per heavy atom. The summed E-state index contributed by atoms with van der Waals surface area (Å²) >= 11 is 0. The van der Waals surface area contributed by atoms with Crippen molar-refractivity contribution in [2.75, 3.05) is 0 Å². The molecular weight excluding hydrogens is 276 g/mol. The molecule has 2 rings (SSSR count). The SMILES string of the molecule is NS(=O)(=O)c1ccc(N=CC(=O)c2ccccc2)cc1. The van der Waals surface area contributed by atoms with Crippen LogP contribution in [0.1, 0.15) is 10.4 Å². The molecule has 0 aliphatic carbocycles. The van der Waals surface area contributed by atoms with Gasteiger partial charge in [0.1, 0.15) is 0 Å². The number of aliphatic imine (C=N–C) groups is 1. The Labute approximate surface area is 116 Å². The van der Waals surface area contributed by atoms with E-state index in [2.05, 4.69) is 4.99 Å². The summed E-state index contributed by atoms with van der Waals surface area (Å²) in [7, 11) is -3.71. The molecule has 0 amide bonds. The molecule has 6 heteroatoms. The van der Waals surface area contributed by atoms with E-state index in [1.807, 2.05) is 6.07 Å². The standard InChI is InChI=1S/C14H12N2O3S/c15-20(18,19)13-8-6-12(7-9-13)16-10-14(17)11-4-2-1-3-5-11/h1-10H,(H2,15,18,19). The van der Waals surface area contributed by atoms with Gasteiger partial charge < -0.3 is 0 Å². The van der Waals surface area contributed by atoms with Crippen LogP contribution in [-0.4, -0.2) is 20.4 Å². The Hall–Kier alpha value is -2.31. The molecule has 0 unspecified atom stereocenters. The van der Waals surface area contributed by atoms with Crippen molar-refractivity contribution in [3.63, 3.8) is 0 Å². The molecule has 0 heterocycles. The number of hydrogen-bond donors (Lipinski definition) is 1. The summed E-state index contributed by atoms with van der Waals surface area (Å²) in [5.41, 5.74) is 1.01. The Bertz CT molecular complexity index is 736. The molecule has 0 bridgehead atoms. The molecular formula is C14H12N2O3S. The zero-order valence-electron chi connectivity index (χ0n) is 10.4. The third kappa shape index (κ3) is 3.59. The van der Waals surface area contributed by atoms with Crippen LogP contribution in [0, 0.1) is 0 Å². The number of benzene rings is 2. The van der Waals surface area contributed by atoms with Gasteiger partial charge in [-0.3, -0.25) is 9.79 Å². The summed E-state index contributed by atoms with van der Waals surface area (Å²) < 4.78 is 22.2. The molecule has 2 N–H and O–H groups in total. The van der Waals surface area contributed by atoms with Crippen LogP contribution in [-0.2, 0) is 10.0 Å². The number of primary sulfonamides is 1. The van der Waals surface area contributed by atoms with Crippen LogP contribution in [0.4, 0.5) is 5.69 Å². The van der Waals surface area contributed by atoms with Crippen LogP contribution in [0.3, 0.4) is 0 Å². The fourth-order valence-electron chi connectivity index (χ4n) is 1.53. The summed E-state index contributed by atoms with van der Waals surface area (Å²) in [6, 6.07) is 14.4. The average Bonchev–Trinajstić information content (AvgIpc) is 2.45. The van der Waals surface area contributed by atoms with Gasteiger partial charge in [0, 0.05) is 5.56 Å². The lowest BCUT2D eigenvalue weighted by atomic mass is 10.1. The maximum atomic E-state index is 11.8. The van der Waals surface area contributed by atoms with E-state index in [-0.39, 0.29) is 10.7 Å². The molecule has 20 heavy (non-hydrogen) atoms. The fourth-order valence-corrected chi connectivity index (χ4v) is 2.05. The van der Waals surface area contributed by atoms with Gasteiger partial charge in [0.25, 0.3) is 0 Å². The largest absolute Gasteiger partial charge is 0.288 e. The number of nitrogens with zero attached hydrogens (tertiary/aromatic N) is 1. The highest BCUT2D eigenvalue weighted by molar-refractivity contribution is 7.89. The number of rotatable bonds is 4. The minimum absolute atomic E-state index is 0.00540. The molecule has 0 saturated carbocycles. The van der Waals surface area contributed by atoms with E-state index in [0.29, 0.717) is 11.3 Å². The van der Waals surface area contributed by atoms with Crippen molar-refractivity contribution in [3.05, 3.63) is 60.2 Å². The summed E-state index contributed by atoms with van der Waals surface area (Å²) in [5, 5.41) is 4.98. The van der Waals surface area contributed by atoms with Crippen LogP contribution in [0.25, 0.3) is 0 Å². The van der Waals surface area contributed by atoms with E-state index < -0.39 is 10.0 Å². The topological polar surface area (TPSA) is 89.6 Å². The van der Waals surface area contributed by atoms with Gasteiger partial charge in [-0.05, 0) is 24.3 Å². The zero-order chi connectivity index (χ0) is 14.6. The minimum atomic E-state index is -3.71. The number of carbonyl (C=O) groups excluding carboxylic acids is 1. The third-order valence-corrected chi connectivity index (χ3v) is 3.48. The van der Waals surface area contributed by atoms with E-state index in [9.17, 15) is 13.2 Å². The molecule has 0 aliphatic rings. The quantitative estimate of drug-likeness (QED) is 0.688. The molecule has 0 atom stereocenters. The minimum Gasteiger partial charge on any atom is -0.288 e. The lowest BCUT2D eigenvalue weighted by Crippen LogP contribution is -2.11. The lowest BCUT2D eigenvalue weighted by Gasteiger charge is -1.98. The molecule has 0 radical (unpaired) electrons. The van der Waals surface area contributed by atoms with Crippen molar-refractivity contribution >= 4 is 27.7 Å². The number of carbonyl (C=O) groups is 1. The number of Topliss-reactive ketones (excluding diaryl/α,β-unsaturated/α-hetero) is 1. The van der Waals surface area contributed by atoms with Crippen molar-refractivity contribution < 1.29 is 13.2 Å². The summed E-state index contributed by atoms with van der Waals surface area (Å²) in [5.74, 6) is -0.221. The lowest BCUT2D eigenvalue weighted by molar-refractivity contribution is 0.107. The van der Waals surface area contributed by atoms with Crippen LogP contribution < -0.4 is 5.14 Å². The first-order valence-corrected chi connectivity index (χ1v) is 7.28. The first-order chi connectivity index (χ1) is 9.47. The second kappa shape index (κ2) is 5.77. The molecule has 2 aromatic rings. The molecule has 0 saturated heterocycles. The van der Waals surface area contributed by atoms with Crippen molar-refractivity contribution in [1.29, 1.82) is 0 Å². The van der Waals surface area contributed by atoms with Gasteiger partial charge in [-0.25, -0.2) is 13.6 Å². The first kappa shape index (κ1) is 14.1. The van der Waals surface area contributed by atoms with Gasteiger partial charge in [0.15, 0.2) is 0 Å². The predicted octanol–water partition coefficient (Wildman–Crippen LogP) is 1.92. The van der Waals surface area contributed by atoms with Crippen molar-refractivity contribution in [2.24, 2.45) is 10.1 Å². The van der Waals surface area contributed by atoms with Gasteiger partial charge in [-0.2, -0.15) is 0 Å². The Morgan fingerprint density at radius 3 is 2.15 bits per heavy atom. The molecule has 0 spiro atoms. The van der Waals surface area contributed by atoms with Gasteiger partial charge in [-0.15, -0.1) is 0 Å². The monoisotopic (exact) mass is 288 g/mol. The van der Waals surface area contributed by atoms with Gasteiger partial charge in [0.05, 0.1) is 16.8 Å². The van der Waals surface area contributed by atoms with E-state index >= 15 is 0 Å². The van der Waals surface area contributed by atoms with Gasteiger partial charge in [-0.1, -0.05) is 30.3 Å². The van der Waals surface area contributed by atoms with Crippen LogP contribution in [0.5, 0.6) is 0 Å². The van der Waals surface area contributed by atoms with Crippen LogP contribution in [0.15, 0.2) is 64.5 Å². The fraction of sp³-hybridized carbons (Fsp3) is 0. The van der Waals surface area contributed by atoms with E-state index in [0.717, 1.165) is 0 Å². The average molecular weight is 288 g/mol. The van der Waals surface area contributed by atoms with E-state index in [1.165, 1.54) is 30.5 Å². The molecule has 5 nitrogen and oxygen atoms in total. The Balaban J connectivity index is 2.15. The normalized spacial score (nSPS) is 11.7. The van der Waals surface area contributed by atoms with Crippen molar-refractivity contribution in [3.8, 4) is 0 Å². The second-order valence-corrected chi connectivity index (χ2v) is 5.59. The number of hydrogen-bond acceptors (Lipinski definition) is 4. The molecule has 0 aromatic heterocycles. The third-order valence-electron chi connectivity index (χ3n) is 2.55. The Kier molecular flexibility index (Phi) is 4.07. The molecule has 0 fully saturated rings. The van der Waals surface area contributed by atoms with Crippen molar-refractivity contribution in [1.82, 2.24) is 0 Å². The molecule has 2 aromatic carbocycles. The maximum absolute atomic E-state index is 11.8. The predicted molar refractivity (Wildman–Crippen MR) is 76.7 cm³/mol. The Morgan fingerprint density at radius 2 is 1.60 bits per heavy atom.